The van der Waals surface area contributed by atoms with Gasteiger partial charge in [0.25, 0.3) is 5.91 Å². The molecule has 2 atom stereocenters. The zero-order valence-electron chi connectivity index (χ0n) is 10.8. The van der Waals surface area contributed by atoms with E-state index in [1.165, 1.54) is 7.11 Å². The zero-order valence-corrected chi connectivity index (χ0v) is 11.6. The van der Waals surface area contributed by atoms with Crippen LogP contribution in [0.2, 0.25) is 0 Å². The zero-order chi connectivity index (χ0) is 14.0. The third-order valence-electron chi connectivity index (χ3n) is 3.17. The van der Waals surface area contributed by atoms with E-state index in [1.54, 1.807) is 25.3 Å². The molecule has 1 aromatic heterocycles. The molecule has 1 aromatic rings. The standard InChI is InChI=1S/C12H16N2O4S/c1-8-9(4-3-5-13-8)12(15)14-10-6-19(16,17)7-11(10)18-2/h3-5,10-11H,6-7H2,1-2H3,(H,14,15)/t10-,11-/m1/s1. The van der Waals surface area contributed by atoms with E-state index in [1.807, 2.05) is 0 Å². The minimum atomic E-state index is -3.15. The van der Waals surface area contributed by atoms with Gasteiger partial charge in [0, 0.05) is 19.0 Å². The molecule has 0 radical (unpaired) electrons. The third kappa shape index (κ3) is 3.10. The number of hydrogen-bond acceptors (Lipinski definition) is 5. The number of hydrogen-bond donors (Lipinski definition) is 1. The van der Waals surface area contributed by atoms with Crippen molar-refractivity contribution in [1.82, 2.24) is 10.3 Å². The van der Waals surface area contributed by atoms with Crippen molar-refractivity contribution in [2.75, 3.05) is 18.6 Å². The van der Waals surface area contributed by atoms with Crippen LogP contribution in [-0.4, -0.2) is 50.1 Å². The number of aromatic nitrogens is 1. The molecule has 0 saturated carbocycles. The summed E-state index contributed by atoms with van der Waals surface area (Å²) in [7, 11) is -1.71. The van der Waals surface area contributed by atoms with E-state index < -0.39 is 22.0 Å². The highest BCUT2D eigenvalue weighted by atomic mass is 32.2. The third-order valence-corrected chi connectivity index (χ3v) is 4.87. The van der Waals surface area contributed by atoms with E-state index in [9.17, 15) is 13.2 Å². The molecule has 1 fully saturated rings. The quantitative estimate of drug-likeness (QED) is 0.840. The molecule has 0 spiro atoms. The van der Waals surface area contributed by atoms with Crippen molar-refractivity contribution in [3.63, 3.8) is 0 Å². The predicted molar refractivity (Wildman–Crippen MR) is 69.7 cm³/mol. The average molecular weight is 284 g/mol. The van der Waals surface area contributed by atoms with E-state index in [0.717, 1.165) is 0 Å². The van der Waals surface area contributed by atoms with Gasteiger partial charge in [-0.25, -0.2) is 8.42 Å². The van der Waals surface area contributed by atoms with Gasteiger partial charge in [0.1, 0.15) is 0 Å². The Morgan fingerprint density at radius 2 is 2.21 bits per heavy atom. The fraction of sp³-hybridized carbons (Fsp3) is 0.500. The van der Waals surface area contributed by atoms with E-state index in [2.05, 4.69) is 10.3 Å². The van der Waals surface area contributed by atoms with Crippen LogP contribution in [0.4, 0.5) is 0 Å². The second-order valence-electron chi connectivity index (χ2n) is 4.57. The average Bonchev–Trinajstić information content (AvgIpc) is 2.64. The number of pyridine rings is 1. The van der Waals surface area contributed by atoms with Crippen molar-refractivity contribution in [3.8, 4) is 0 Å². The minimum absolute atomic E-state index is 0.0551. The second kappa shape index (κ2) is 5.26. The van der Waals surface area contributed by atoms with Crippen LogP contribution in [0, 0.1) is 6.92 Å². The highest BCUT2D eigenvalue weighted by Gasteiger charge is 2.38. The van der Waals surface area contributed by atoms with Gasteiger partial charge in [-0.15, -0.1) is 0 Å². The SMILES string of the molecule is CO[C@@H]1CS(=O)(=O)C[C@H]1NC(=O)c1cccnc1C. The second-order valence-corrected chi connectivity index (χ2v) is 6.72. The van der Waals surface area contributed by atoms with E-state index in [-0.39, 0.29) is 17.4 Å². The fourth-order valence-electron chi connectivity index (χ4n) is 2.15. The van der Waals surface area contributed by atoms with Crippen LogP contribution < -0.4 is 5.32 Å². The van der Waals surface area contributed by atoms with Crippen molar-refractivity contribution in [3.05, 3.63) is 29.6 Å². The highest BCUT2D eigenvalue weighted by molar-refractivity contribution is 7.91. The summed E-state index contributed by atoms with van der Waals surface area (Å²) in [4.78, 5) is 16.1. The summed E-state index contributed by atoms with van der Waals surface area (Å²) in [5.74, 6) is -0.466. The minimum Gasteiger partial charge on any atom is -0.378 e. The Morgan fingerprint density at radius 1 is 1.47 bits per heavy atom. The number of carbonyl (C=O) groups excluding carboxylic acids is 1. The van der Waals surface area contributed by atoms with E-state index in [0.29, 0.717) is 11.3 Å². The number of rotatable bonds is 3. The Hall–Kier alpha value is -1.47. The van der Waals surface area contributed by atoms with E-state index >= 15 is 0 Å². The smallest absolute Gasteiger partial charge is 0.253 e. The molecule has 2 rings (SSSR count). The molecule has 104 valence electrons. The van der Waals surface area contributed by atoms with Crippen molar-refractivity contribution in [1.29, 1.82) is 0 Å². The van der Waals surface area contributed by atoms with Crippen LogP contribution in [0.1, 0.15) is 16.1 Å². The molecule has 7 heteroatoms. The van der Waals surface area contributed by atoms with Gasteiger partial charge in [-0.2, -0.15) is 0 Å². The number of ether oxygens (including phenoxy) is 1. The number of sulfone groups is 1. The van der Waals surface area contributed by atoms with Crippen LogP contribution in [0.3, 0.4) is 0 Å². The maximum absolute atomic E-state index is 12.1. The lowest BCUT2D eigenvalue weighted by atomic mass is 10.1. The Balaban J connectivity index is 2.13. The van der Waals surface area contributed by atoms with Crippen LogP contribution in [0.25, 0.3) is 0 Å². The van der Waals surface area contributed by atoms with Gasteiger partial charge in [-0.3, -0.25) is 9.78 Å². The van der Waals surface area contributed by atoms with Crippen LogP contribution in [0.5, 0.6) is 0 Å². The molecule has 1 aliphatic heterocycles. The molecule has 1 amide bonds. The first-order valence-corrected chi connectivity index (χ1v) is 7.71. The number of methoxy groups -OCH3 is 1. The van der Waals surface area contributed by atoms with Gasteiger partial charge in [-0.1, -0.05) is 0 Å². The maximum Gasteiger partial charge on any atom is 0.253 e. The summed E-state index contributed by atoms with van der Waals surface area (Å²) < 4.78 is 28.2. The van der Waals surface area contributed by atoms with Gasteiger partial charge in [0.15, 0.2) is 9.84 Å². The lowest BCUT2D eigenvalue weighted by Gasteiger charge is -2.18. The van der Waals surface area contributed by atoms with Crippen LogP contribution >= 0.6 is 0 Å². The number of nitrogens with zero attached hydrogens (tertiary/aromatic N) is 1. The topological polar surface area (TPSA) is 85.4 Å². The number of nitrogens with one attached hydrogen (secondary N) is 1. The first kappa shape index (κ1) is 14.0. The lowest BCUT2D eigenvalue weighted by Crippen LogP contribution is -2.43. The molecule has 2 heterocycles. The number of amides is 1. The predicted octanol–water partition coefficient (Wildman–Crippen LogP) is -0.0682. The summed E-state index contributed by atoms with van der Waals surface area (Å²) in [5.41, 5.74) is 1.05. The van der Waals surface area contributed by atoms with E-state index in [4.69, 9.17) is 4.74 Å². The molecular formula is C12H16N2O4S. The molecule has 1 aliphatic rings. The van der Waals surface area contributed by atoms with Crippen LogP contribution in [-0.2, 0) is 14.6 Å². The fourth-order valence-corrected chi connectivity index (χ4v) is 4.00. The molecule has 6 nitrogen and oxygen atoms in total. The Bertz CT molecular complexity index is 585. The summed E-state index contributed by atoms with van der Waals surface area (Å²) in [5, 5.41) is 2.71. The normalized spacial score (nSPS) is 25.2. The summed E-state index contributed by atoms with van der Waals surface area (Å²) in [6.07, 6.45) is 1.11. The first-order chi connectivity index (χ1) is 8.93. The molecule has 0 unspecified atom stereocenters. The molecule has 19 heavy (non-hydrogen) atoms. The molecule has 0 aromatic carbocycles. The van der Waals surface area contributed by atoms with Crippen molar-refractivity contribution in [2.24, 2.45) is 0 Å². The molecule has 1 saturated heterocycles. The lowest BCUT2D eigenvalue weighted by molar-refractivity contribution is 0.0785. The molecule has 1 N–H and O–H groups in total. The van der Waals surface area contributed by atoms with Crippen LogP contribution in [0.15, 0.2) is 18.3 Å². The number of carbonyl (C=O) groups is 1. The van der Waals surface area contributed by atoms with Gasteiger partial charge in [-0.05, 0) is 19.1 Å². The van der Waals surface area contributed by atoms with Crippen molar-refractivity contribution >= 4 is 15.7 Å². The Labute approximate surface area is 112 Å². The highest BCUT2D eigenvalue weighted by Crippen LogP contribution is 2.16. The van der Waals surface area contributed by atoms with Gasteiger partial charge in [0.2, 0.25) is 0 Å². The van der Waals surface area contributed by atoms with Crippen molar-refractivity contribution < 1.29 is 17.9 Å². The molecule has 0 bridgehead atoms. The van der Waals surface area contributed by atoms with Gasteiger partial charge in [0.05, 0.1) is 29.2 Å². The van der Waals surface area contributed by atoms with Gasteiger partial charge >= 0.3 is 0 Å². The number of aryl methyl sites for hydroxylation is 1. The molecular weight excluding hydrogens is 268 g/mol. The largest absolute Gasteiger partial charge is 0.378 e. The summed E-state index contributed by atoms with van der Waals surface area (Å²) in [6, 6.07) is 2.81. The summed E-state index contributed by atoms with van der Waals surface area (Å²) >= 11 is 0. The Kier molecular flexibility index (Phi) is 3.86. The maximum atomic E-state index is 12.1. The Morgan fingerprint density at radius 3 is 2.84 bits per heavy atom. The first-order valence-electron chi connectivity index (χ1n) is 5.88. The monoisotopic (exact) mass is 284 g/mol. The van der Waals surface area contributed by atoms with Gasteiger partial charge < -0.3 is 10.1 Å². The molecule has 0 aliphatic carbocycles. The van der Waals surface area contributed by atoms with Crippen molar-refractivity contribution in [2.45, 2.75) is 19.1 Å². The summed E-state index contributed by atoms with van der Waals surface area (Å²) in [6.45, 7) is 1.73.